The van der Waals surface area contributed by atoms with E-state index in [-0.39, 0.29) is 0 Å². The molecule has 0 saturated carbocycles. The van der Waals surface area contributed by atoms with Gasteiger partial charge in [-0.25, -0.2) is 0 Å². The third kappa shape index (κ3) is 1.53. The predicted molar refractivity (Wildman–Crippen MR) is 55.6 cm³/mol. The second kappa shape index (κ2) is 3.46. The zero-order chi connectivity index (χ0) is 10.1. The van der Waals surface area contributed by atoms with Gasteiger partial charge in [0.15, 0.2) is 0 Å². The lowest BCUT2D eigenvalue weighted by Gasteiger charge is -1.99. The first kappa shape index (κ1) is 9.27. The maximum atomic E-state index is 9.60. The summed E-state index contributed by atoms with van der Waals surface area (Å²) in [6, 6.07) is 7.46. The molecule has 0 unspecified atom stereocenters. The van der Waals surface area contributed by atoms with Crippen molar-refractivity contribution in [1.29, 1.82) is 0 Å². The Morgan fingerprint density at radius 1 is 1.36 bits per heavy atom. The van der Waals surface area contributed by atoms with E-state index in [1.54, 1.807) is 19.4 Å². The normalized spacial score (nSPS) is 10.4. The Labute approximate surface area is 89.6 Å². The quantitative estimate of drug-likeness (QED) is 0.625. The summed E-state index contributed by atoms with van der Waals surface area (Å²) in [6.07, 6.45) is 1.59. The molecule has 0 amide bonds. The Morgan fingerprint density at radius 3 is 2.86 bits per heavy atom. The lowest BCUT2D eigenvalue weighted by molar-refractivity contribution is -0.885. The highest BCUT2D eigenvalue weighted by Crippen LogP contribution is 2.20. The minimum Gasteiger partial charge on any atom is -0.497 e. The van der Waals surface area contributed by atoms with Gasteiger partial charge in [0.25, 0.3) is 5.52 Å². The number of nitrogens with zero attached hydrogens (tertiary/aromatic N) is 1. The van der Waals surface area contributed by atoms with E-state index in [2.05, 4.69) is 15.9 Å². The first-order valence-electron chi connectivity index (χ1n) is 4.09. The molecule has 2 aromatic rings. The number of fused-ring (bicyclic) bond motifs is 1. The van der Waals surface area contributed by atoms with Crippen molar-refractivity contribution >= 4 is 26.8 Å². The average Bonchev–Trinajstić information content (AvgIpc) is 2.17. The maximum absolute atomic E-state index is 9.60. The van der Waals surface area contributed by atoms with E-state index >= 15 is 0 Å². The maximum Gasteiger partial charge on any atom is 0.268 e. The van der Waals surface area contributed by atoms with Crippen molar-refractivity contribution in [2.75, 3.05) is 7.11 Å². The van der Waals surface area contributed by atoms with E-state index in [0.29, 0.717) is 5.52 Å². The van der Waals surface area contributed by atoms with Crippen molar-refractivity contribution in [3.8, 4) is 5.75 Å². The van der Waals surface area contributed by atoms with Crippen molar-refractivity contribution in [2.24, 2.45) is 0 Å². The Balaban J connectivity index is 2.75. The molecule has 4 heteroatoms. The molecule has 0 aliphatic heterocycles. The van der Waals surface area contributed by atoms with Crippen molar-refractivity contribution in [2.45, 2.75) is 0 Å². The molecule has 2 rings (SSSR count). The van der Waals surface area contributed by atoms with E-state index in [9.17, 15) is 5.21 Å². The number of halogens is 1. The van der Waals surface area contributed by atoms with Crippen LogP contribution in [0.2, 0.25) is 0 Å². The number of aromatic nitrogens is 1. The molecule has 0 bridgehead atoms. The summed E-state index contributed by atoms with van der Waals surface area (Å²) in [5.74, 6) is 0.725. The Bertz CT molecular complexity index is 485. The van der Waals surface area contributed by atoms with Gasteiger partial charge in [0.2, 0.25) is 6.20 Å². The van der Waals surface area contributed by atoms with Crippen molar-refractivity contribution < 1.29 is 14.7 Å². The number of hydrogen-bond donors (Lipinski definition) is 1. The molecular formula is C10H9BrNO2+. The van der Waals surface area contributed by atoms with Gasteiger partial charge >= 0.3 is 0 Å². The lowest BCUT2D eigenvalue weighted by atomic mass is 10.2. The van der Waals surface area contributed by atoms with Crippen LogP contribution < -0.4 is 9.47 Å². The fourth-order valence-electron chi connectivity index (χ4n) is 1.34. The Hall–Kier alpha value is -1.29. The molecule has 14 heavy (non-hydrogen) atoms. The summed E-state index contributed by atoms with van der Waals surface area (Å²) in [4.78, 5) is 0. The monoisotopic (exact) mass is 254 g/mol. The van der Waals surface area contributed by atoms with Crippen LogP contribution in [0.25, 0.3) is 10.9 Å². The predicted octanol–water partition coefficient (Wildman–Crippen LogP) is 2.14. The van der Waals surface area contributed by atoms with Crippen LogP contribution in [-0.4, -0.2) is 12.3 Å². The molecule has 3 nitrogen and oxygen atoms in total. The van der Waals surface area contributed by atoms with Crippen LogP contribution in [0, 0.1) is 0 Å². The zero-order valence-electron chi connectivity index (χ0n) is 7.57. The Kier molecular flexibility index (Phi) is 2.29. The Morgan fingerprint density at radius 2 is 2.14 bits per heavy atom. The second-order valence-electron chi connectivity index (χ2n) is 2.93. The smallest absolute Gasteiger partial charge is 0.268 e. The van der Waals surface area contributed by atoms with Crippen LogP contribution in [0.15, 0.2) is 34.9 Å². The molecule has 1 aromatic carbocycles. The molecule has 0 aliphatic rings. The molecule has 0 atom stereocenters. The highest BCUT2D eigenvalue weighted by Gasteiger charge is 2.10. The van der Waals surface area contributed by atoms with E-state index in [0.717, 1.165) is 20.3 Å². The number of methoxy groups -OCH3 is 1. The third-order valence-electron chi connectivity index (χ3n) is 2.02. The van der Waals surface area contributed by atoms with Crippen molar-refractivity contribution in [3.05, 3.63) is 34.9 Å². The van der Waals surface area contributed by atoms with Gasteiger partial charge in [-0.15, -0.1) is 0 Å². The fourth-order valence-corrected chi connectivity index (χ4v) is 1.78. The summed E-state index contributed by atoms with van der Waals surface area (Å²) in [5, 5.41) is 10.6. The molecule has 72 valence electrons. The first-order valence-corrected chi connectivity index (χ1v) is 4.88. The molecule has 0 radical (unpaired) electrons. The molecule has 1 aromatic heterocycles. The number of hydrogen-bond acceptors (Lipinski definition) is 2. The summed E-state index contributed by atoms with van der Waals surface area (Å²) in [6.45, 7) is 0. The number of benzene rings is 1. The largest absolute Gasteiger partial charge is 0.497 e. The van der Waals surface area contributed by atoms with Crippen LogP contribution in [0.3, 0.4) is 0 Å². The van der Waals surface area contributed by atoms with E-state index in [1.807, 2.05) is 18.2 Å². The topological polar surface area (TPSA) is 33.3 Å². The van der Waals surface area contributed by atoms with Gasteiger partial charge in [-0.05, 0) is 34.1 Å². The minimum absolute atomic E-state index is 0.715. The highest BCUT2D eigenvalue weighted by atomic mass is 79.9. The van der Waals surface area contributed by atoms with Gasteiger partial charge in [0, 0.05) is 4.73 Å². The van der Waals surface area contributed by atoms with Crippen molar-refractivity contribution in [1.82, 2.24) is 0 Å². The molecule has 0 saturated heterocycles. The zero-order valence-corrected chi connectivity index (χ0v) is 9.15. The minimum atomic E-state index is 0.715. The molecule has 1 heterocycles. The first-order chi connectivity index (χ1) is 6.70. The number of rotatable bonds is 1. The third-order valence-corrected chi connectivity index (χ3v) is 2.46. The van der Waals surface area contributed by atoms with Crippen LogP contribution >= 0.6 is 15.9 Å². The number of ether oxygens (including phenoxy) is 1. The van der Waals surface area contributed by atoms with Gasteiger partial charge in [0.05, 0.1) is 23.0 Å². The van der Waals surface area contributed by atoms with Crippen LogP contribution in [0.1, 0.15) is 0 Å². The van der Waals surface area contributed by atoms with Gasteiger partial charge in [-0.2, -0.15) is 0 Å². The second-order valence-corrected chi connectivity index (χ2v) is 3.84. The van der Waals surface area contributed by atoms with Crippen LogP contribution in [0.5, 0.6) is 5.75 Å². The fraction of sp³-hybridized carbons (Fsp3) is 0.100. The molecule has 0 aliphatic carbocycles. The van der Waals surface area contributed by atoms with Gasteiger partial charge in [-0.1, -0.05) is 0 Å². The lowest BCUT2D eigenvalue weighted by Crippen LogP contribution is -2.30. The highest BCUT2D eigenvalue weighted by molar-refractivity contribution is 9.10. The standard InChI is InChI=1S/C10H9BrNO2/c1-14-9-3-2-7-4-8(11)6-12(13)10(7)5-9/h2-6,13H,1H3/q+1. The summed E-state index contributed by atoms with van der Waals surface area (Å²) >= 11 is 3.31. The summed E-state index contributed by atoms with van der Waals surface area (Å²) in [5.41, 5.74) is 0.715. The summed E-state index contributed by atoms with van der Waals surface area (Å²) in [7, 11) is 1.60. The van der Waals surface area contributed by atoms with Gasteiger partial charge < -0.3 is 4.74 Å². The van der Waals surface area contributed by atoms with E-state index in [1.165, 1.54) is 0 Å². The SMILES string of the molecule is COc1ccc2cc(Br)c[n+](O)c2c1. The van der Waals surface area contributed by atoms with E-state index in [4.69, 9.17) is 4.74 Å². The molecule has 0 spiro atoms. The average molecular weight is 255 g/mol. The number of pyridine rings is 1. The van der Waals surface area contributed by atoms with Crippen LogP contribution in [-0.2, 0) is 0 Å². The van der Waals surface area contributed by atoms with E-state index < -0.39 is 0 Å². The molecular weight excluding hydrogens is 246 g/mol. The van der Waals surface area contributed by atoms with Gasteiger partial charge in [-0.3, -0.25) is 5.21 Å². The molecule has 1 N–H and O–H groups in total. The van der Waals surface area contributed by atoms with Gasteiger partial charge in [0.1, 0.15) is 5.75 Å². The summed E-state index contributed by atoms with van der Waals surface area (Å²) < 4.78 is 6.97. The molecule has 0 fully saturated rings. The van der Waals surface area contributed by atoms with Crippen molar-refractivity contribution in [3.63, 3.8) is 0 Å². The van der Waals surface area contributed by atoms with Crippen LogP contribution in [0.4, 0.5) is 0 Å².